The highest BCUT2D eigenvalue weighted by molar-refractivity contribution is 14.0. The fraction of sp³-hybridized carbons (Fsp3) is 0.632. The molecule has 0 aliphatic carbocycles. The molecular formula is C19H33IN4O2. The standard InChI is InChI=1S/C19H32N4O2.HI/c1-17-5-7-18(8-6-17)25-14-3-2-9-21-19(20)22-10-4-11-23-12-15-24-16-13-23;/h5-8H,2-4,9-16H2,1H3,(H3,20,21,22);1H. The van der Waals surface area contributed by atoms with Crippen molar-refractivity contribution in [2.75, 3.05) is 52.5 Å². The second-order valence-corrected chi connectivity index (χ2v) is 6.37. The van der Waals surface area contributed by atoms with E-state index in [0.717, 1.165) is 77.6 Å². The lowest BCUT2D eigenvalue weighted by atomic mass is 10.2. The molecule has 0 aromatic heterocycles. The highest BCUT2D eigenvalue weighted by Gasteiger charge is 2.08. The van der Waals surface area contributed by atoms with E-state index in [2.05, 4.69) is 34.3 Å². The molecule has 6 nitrogen and oxygen atoms in total. The number of hydrogen-bond acceptors (Lipinski definition) is 4. The van der Waals surface area contributed by atoms with Crippen molar-refractivity contribution in [1.82, 2.24) is 10.2 Å². The lowest BCUT2D eigenvalue weighted by Gasteiger charge is -2.26. The molecule has 0 amide bonds. The van der Waals surface area contributed by atoms with Crippen molar-refractivity contribution >= 4 is 29.9 Å². The number of hydrogen-bond donors (Lipinski definition) is 2. The Kier molecular flexibility index (Phi) is 12.4. The average Bonchev–Trinajstić information content (AvgIpc) is 2.64. The maximum Gasteiger partial charge on any atom is 0.188 e. The van der Waals surface area contributed by atoms with Gasteiger partial charge in [0.1, 0.15) is 5.75 Å². The van der Waals surface area contributed by atoms with Crippen LogP contribution in [0, 0.1) is 6.92 Å². The van der Waals surface area contributed by atoms with Crippen LogP contribution < -0.4 is 15.8 Å². The Bertz CT molecular complexity index is 505. The molecule has 1 aliphatic rings. The Labute approximate surface area is 174 Å². The minimum absolute atomic E-state index is 0. The lowest BCUT2D eigenvalue weighted by molar-refractivity contribution is 0.0377. The monoisotopic (exact) mass is 476 g/mol. The first-order chi connectivity index (χ1) is 12.2. The van der Waals surface area contributed by atoms with Gasteiger partial charge in [0.05, 0.1) is 19.8 Å². The van der Waals surface area contributed by atoms with Crippen LogP contribution in [0.4, 0.5) is 0 Å². The van der Waals surface area contributed by atoms with Crippen LogP contribution >= 0.6 is 24.0 Å². The molecular weight excluding hydrogens is 443 g/mol. The van der Waals surface area contributed by atoms with Crippen LogP contribution in [-0.2, 0) is 4.74 Å². The van der Waals surface area contributed by atoms with E-state index in [9.17, 15) is 0 Å². The van der Waals surface area contributed by atoms with Crippen molar-refractivity contribution < 1.29 is 9.47 Å². The van der Waals surface area contributed by atoms with Crippen LogP contribution in [0.3, 0.4) is 0 Å². The third-order valence-electron chi connectivity index (χ3n) is 4.19. The summed E-state index contributed by atoms with van der Waals surface area (Å²) in [5.74, 6) is 1.47. The van der Waals surface area contributed by atoms with E-state index < -0.39 is 0 Å². The van der Waals surface area contributed by atoms with Crippen molar-refractivity contribution in [2.24, 2.45) is 10.7 Å². The van der Waals surface area contributed by atoms with E-state index in [-0.39, 0.29) is 24.0 Å². The molecule has 1 aliphatic heterocycles. The van der Waals surface area contributed by atoms with Gasteiger partial charge in [0.25, 0.3) is 0 Å². The molecule has 7 heteroatoms. The fourth-order valence-corrected chi connectivity index (χ4v) is 2.64. The van der Waals surface area contributed by atoms with Gasteiger partial charge in [-0.2, -0.15) is 0 Å². The maximum atomic E-state index is 5.89. The van der Waals surface area contributed by atoms with Crippen molar-refractivity contribution in [3.8, 4) is 5.75 Å². The molecule has 1 aromatic carbocycles. The maximum absolute atomic E-state index is 5.89. The number of unbranched alkanes of at least 4 members (excludes halogenated alkanes) is 1. The largest absolute Gasteiger partial charge is 0.494 e. The predicted molar refractivity (Wildman–Crippen MR) is 118 cm³/mol. The molecule has 2 rings (SSSR count). The molecule has 1 heterocycles. The highest BCUT2D eigenvalue weighted by atomic mass is 127. The van der Waals surface area contributed by atoms with E-state index >= 15 is 0 Å². The molecule has 148 valence electrons. The Morgan fingerprint density at radius 2 is 1.92 bits per heavy atom. The molecule has 0 radical (unpaired) electrons. The van der Waals surface area contributed by atoms with Gasteiger partial charge >= 0.3 is 0 Å². The van der Waals surface area contributed by atoms with Crippen molar-refractivity contribution in [3.05, 3.63) is 29.8 Å². The zero-order chi connectivity index (χ0) is 17.7. The van der Waals surface area contributed by atoms with Crippen LogP contribution in [0.2, 0.25) is 0 Å². The summed E-state index contributed by atoms with van der Waals surface area (Å²) in [6, 6.07) is 8.14. The number of halogens is 1. The Morgan fingerprint density at radius 1 is 1.19 bits per heavy atom. The van der Waals surface area contributed by atoms with Gasteiger partial charge in [-0.3, -0.25) is 9.89 Å². The molecule has 0 atom stereocenters. The smallest absolute Gasteiger partial charge is 0.188 e. The average molecular weight is 476 g/mol. The van der Waals surface area contributed by atoms with E-state index in [1.165, 1.54) is 5.56 Å². The SMILES string of the molecule is Cc1ccc(OCCCCNC(N)=NCCCN2CCOCC2)cc1.I. The zero-order valence-corrected chi connectivity index (χ0v) is 18.1. The minimum Gasteiger partial charge on any atom is -0.494 e. The second-order valence-electron chi connectivity index (χ2n) is 6.37. The summed E-state index contributed by atoms with van der Waals surface area (Å²) in [4.78, 5) is 6.79. The Hall–Kier alpha value is -1.06. The number of guanidine groups is 1. The van der Waals surface area contributed by atoms with Crippen molar-refractivity contribution in [1.29, 1.82) is 0 Å². The Morgan fingerprint density at radius 3 is 2.65 bits per heavy atom. The summed E-state index contributed by atoms with van der Waals surface area (Å²) in [6.45, 7) is 9.22. The summed E-state index contributed by atoms with van der Waals surface area (Å²) in [7, 11) is 0. The molecule has 0 bridgehead atoms. The van der Waals surface area contributed by atoms with Gasteiger partial charge in [0.15, 0.2) is 5.96 Å². The number of rotatable bonds is 10. The summed E-state index contributed by atoms with van der Waals surface area (Å²) < 4.78 is 11.0. The normalized spacial score (nSPS) is 15.3. The van der Waals surface area contributed by atoms with E-state index in [4.69, 9.17) is 15.2 Å². The first kappa shape index (κ1) is 23.0. The third-order valence-corrected chi connectivity index (χ3v) is 4.19. The number of ether oxygens (including phenoxy) is 2. The second kappa shape index (κ2) is 14.1. The number of morpholine rings is 1. The lowest BCUT2D eigenvalue weighted by Crippen LogP contribution is -2.37. The van der Waals surface area contributed by atoms with Gasteiger partial charge in [-0.05, 0) is 38.3 Å². The van der Waals surface area contributed by atoms with E-state index in [1.54, 1.807) is 0 Å². The summed E-state index contributed by atoms with van der Waals surface area (Å²) in [6.07, 6.45) is 3.04. The molecule has 1 fully saturated rings. The number of benzene rings is 1. The summed E-state index contributed by atoms with van der Waals surface area (Å²) >= 11 is 0. The number of nitrogens with one attached hydrogen (secondary N) is 1. The van der Waals surface area contributed by atoms with E-state index in [0.29, 0.717) is 5.96 Å². The number of nitrogens with two attached hydrogens (primary N) is 1. The molecule has 0 saturated carbocycles. The molecule has 1 aromatic rings. The van der Waals surface area contributed by atoms with Crippen LogP contribution in [0.25, 0.3) is 0 Å². The van der Waals surface area contributed by atoms with Gasteiger partial charge in [0, 0.05) is 32.7 Å². The van der Waals surface area contributed by atoms with Gasteiger partial charge < -0.3 is 20.5 Å². The topological polar surface area (TPSA) is 72.1 Å². The summed E-state index contributed by atoms with van der Waals surface area (Å²) in [5.41, 5.74) is 7.13. The number of aryl methyl sites for hydroxylation is 1. The van der Waals surface area contributed by atoms with Crippen LogP contribution in [0.15, 0.2) is 29.3 Å². The Balaban J connectivity index is 0.00000338. The fourth-order valence-electron chi connectivity index (χ4n) is 2.64. The first-order valence-electron chi connectivity index (χ1n) is 9.27. The van der Waals surface area contributed by atoms with Gasteiger partial charge in [-0.15, -0.1) is 24.0 Å². The van der Waals surface area contributed by atoms with E-state index in [1.807, 2.05) is 12.1 Å². The third kappa shape index (κ3) is 10.2. The predicted octanol–water partition coefficient (Wildman–Crippen LogP) is 2.40. The number of aliphatic imine (C=N–C) groups is 1. The molecule has 0 spiro atoms. The highest BCUT2D eigenvalue weighted by Crippen LogP contribution is 2.11. The zero-order valence-electron chi connectivity index (χ0n) is 15.8. The van der Waals surface area contributed by atoms with Gasteiger partial charge in [-0.25, -0.2) is 0 Å². The van der Waals surface area contributed by atoms with Gasteiger partial charge in [0.2, 0.25) is 0 Å². The number of nitrogens with zero attached hydrogens (tertiary/aromatic N) is 2. The van der Waals surface area contributed by atoms with Gasteiger partial charge in [-0.1, -0.05) is 17.7 Å². The molecule has 3 N–H and O–H groups in total. The van der Waals surface area contributed by atoms with Crippen molar-refractivity contribution in [3.63, 3.8) is 0 Å². The van der Waals surface area contributed by atoms with Crippen LogP contribution in [-0.4, -0.2) is 63.4 Å². The quantitative estimate of drug-likeness (QED) is 0.235. The molecule has 26 heavy (non-hydrogen) atoms. The minimum atomic E-state index is 0. The summed E-state index contributed by atoms with van der Waals surface area (Å²) in [5, 5.41) is 3.17. The molecule has 0 unspecified atom stereocenters. The van der Waals surface area contributed by atoms with Crippen molar-refractivity contribution in [2.45, 2.75) is 26.2 Å². The van der Waals surface area contributed by atoms with Crippen LogP contribution in [0.1, 0.15) is 24.8 Å². The molecule has 1 saturated heterocycles. The van der Waals surface area contributed by atoms with Crippen LogP contribution in [0.5, 0.6) is 5.75 Å². The first-order valence-corrected chi connectivity index (χ1v) is 9.27.